The van der Waals surface area contributed by atoms with E-state index < -0.39 is 0 Å². The van der Waals surface area contributed by atoms with Gasteiger partial charge in [0.25, 0.3) is 5.56 Å². The summed E-state index contributed by atoms with van der Waals surface area (Å²) in [6.45, 7) is 0. The van der Waals surface area contributed by atoms with Crippen LogP contribution in [0.15, 0.2) is 10.9 Å². The van der Waals surface area contributed by atoms with E-state index in [4.69, 9.17) is 5.73 Å². The molecule has 0 amide bonds. The Kier molecular flexibility index (Phi) is 2.53. The molecule has 3 N–H and O–H groups in total. The van der Waals surface area contributed by atoms with E-state index in [1.165, 1.54) is 6.07 Å². The molecule has 0 aliphatic heterocycles. The van der Waals surface area contributed by atoms with E-state index >= 15 is 0 Å². The highest BCUT2D eigenvalue weighted by molar-refractivity contribution is 7.97. The van der Waals surface area contributed by atoms with E-state index in [1.807, 2.05) is 6.26 Å². The first-order valence-electron chi connectivity index (χ1n) is 3.07. The molecule has 0 atom stereocenters. The predicted molar refractivity (Wildman–Crippen MR) is 46.5 cm³/mol. The maximum absolute atomic E-state index is 10.8. The van der Waals surface area contributed by atoms with E-state index in [1.54, 1.807) is 11.8 Å². The number of H-pyrrole nitrogens is 1. The summed E-state index contributed by atoms with van der Waals surface area (Å²) in [4.78, 5) is 17.3. The van der Waals surface area contributed by atoms with Gasteiger partial charge in [0.15, 0.2) is 0 Å². The number of thioether (sulfide) groups is 1. The topological polar surface area (TPSA) is 71.8 Å². The molecule has 11 heavy (non-hydrogen) atoms. The highest BCUT2D eigenvalue weighted by Crippen LogP contribution is 2.02. The van der Waals surface area contributed by atoms with Crippen molar-refractivity contribution in [1.82, 2.24) is 9.97 Å². The van der Waals surface area contributed by atoms with Crippen molar-refractivity contribution >= 4 is 17.6 Å². The molecule has 1 aromatic rings. The summed E-state index contributed by atoms with van der Waals surface area (Å²) in [7, 11) is 0. The number of nitrogens with one attached hydrogen (secondary N) is 1. The Hall–Kier alpha value is -0.970. The number of nitrogens with two attached hydrogens (primary N) is 1. The van der Waals surface area contributed by atoms with E-state index in [2.05, 4.69) is 9.97 Å². The number of rotatable bonds is 2. The van der Waals surface area contributed by atoms with Crippen molar-refractivity contribution < 1.29 is 0 Å². The van der Waals surface area contributed by atoms with Gasteiger partial charge in [-0.15, -0.1) is 0 Å². The lowest BCUT2D eigenvalue weighted by Crippen LogP contribution is -2.11. The third-order valence-corrected chi connectivity index (χ3v) is 1.65. The standard InChI is InChI=1S/C6H9N3OS/c1-11-3-5-8-4(7)2-6(10)9-5/h2H,3H2,1H3,(H3,7,8,9,10). The minimum absolute atomic E-state index is 0.193. The third-order valence-electron chi connectivity index (χ3n) is 1.09. The van der Waals surface area contributed by atoms with Gasteiger partial charge in [0.2, 0.25) is 0 Å². The molecule has 0 bridgehead atoms. The van der Waals surface area contributed by atoms with Gasteiger partial charge in [-0.25, -0.2) is 4.98 Å². The molecular weight excluding hydrogens is 162 g/mol. The molecule has 1 aromatic heterocycles. The molecule has 0 saturated heterocycles. The first kappa shape index (κ1) is 8.13. The predicted octanol–water partition coefficient (Wildman–Crippen LogP) is 0.215. The molecule has 5 heteroatoms. The summed E-state index contributed by atoms with van der Waals surface area (Å²) in [5.41, 5.74) is 5.16. The molecule has 0 aliphatic rings. The van der Waals surface area contributed by atoms with Gasteiger partial charge in [0.05, 0.1) is 5.75 Å². The Balaban J connectivity index is 2.99. The van der Waals surface area contributed by atoms with Crippen molar-refractivity contribution in [3.05, 3.63) is 22.2 Å². The summed E-state index contributed by atoms with van der Waals surface area (Å²) in [6.07, 6.45) is 1.93. The Labute approximate surface area is 68.2 Å². The highest BCUT2D eigenvalue weighted by Gasteiger charge is 1.95. The van der Waals surface area contributed by atoms with Gasteiger partial charge in [-0.2, -0.15) is 11.8 Å². The summed E-state index contributed by atoms with van der Waals surface area (Å²) >= 11 is 1.58. The van der Waals surface area contributed by atoms with Crippen LogP contribution in [-0.2, 0) is 5.75 Å². The minimum atomic E-state index is -0.193. The van der Waals surface area contributed by atoms with Crippen LogP contribution >= 0.6 is 11.8 Å². The van der Waals surface area contributed by atoms with Crippen LogP contribution in [0.5, 0.6) is 0 Å². The molecule has 0 saturated carbocycles. The van der Waals surface area contributed by atoms with Crippen LogP contribution < -0.4 is 11.3 Å². The number of hydrogen-bond donors (Lipinski definition) is 2. The van der Waals surface area contributed by atoms with Crippen LogP contribution in [0.4, 0.5) is 5.82 Å². The number of aromatic amines is 1. The Morgan fingerprint density at radius 1 is 1.82 bits per heavy atom. The Morgan fingerprint density at radius 3 is 3.09 bits per heavy atom. The van der Waals surface area contributed by atoms with Gasteiger partial charge in [-0.05, 0) is 6.26 Å². The minimum Gasteiger partial charge on any atom is -0.383 e. The summed E-state index contributed by atoms with van der Waals surface area (Å²) in [6, 6.07) is 1.27. The lowest BCUT2D eigenvalue weighted by molar-refractivity contribution is 1.01. The molecule has 1 rings (SSSR count). The maximum atomic E-state index is 10.8. The van der Waals surface area contributed by atoms with E-state index in [9.17, 15) is 4.79 Å². The SMILES string of the molecule is CSCc1nc(N)cc(=O)[nH]1. The van der Waals surface area contributed by atoms with Gasteiger partial charge < -0.3 is 10.7 Å². The molecule has 1 heterocycles. The monoisotopic (exact) mass is 171 g/mol. The van der Waals surface area contributed by atoms with Gasteiger partial charge in [-0.1, -0.05) is 0 Å². The number of aromatic nitrogens is 2. The zero-order valence-corrected chi connectivity index (χ0v) is 6.94. The lowest BCUT2D eigenvalue weighted by Gasteiger charge is -1.97. The second-order valence-electron chi connectivity index (χ2n) is 2.05. The van der Waals surface area contributed by atoms with Crippen molar-refractivity contribution in [2.75, 3.05) is 12.0 Å². The number of hydrogen-bond acceptors (Lipinski definition) is 4. The van der Waals surface area contributed by atoms with Gasteiger partial charge >= 0.3 is 0 Å². The number of anilines is 1. The van der Waals surface area contributed by atoms with Crippen molar-refractivity contribution in [1.29, 1.82) is 0 Å². The molecule has 0 fully saturated rings. The molecule has 0 spiro atoms. The van der Waals surface area contributed by atoms with Gasteiger partial charge in [-0.3, -0.25) is 4.79 Å². The first-order chi connectivity index (χ1) is 5.22. The van der Waals surface area contributed by atoms with Crippen molar-refractivity contribution in [2.24, 2.45) is 0 Å². The fourth-order valence-corrected chi connectivity index (χ4v) is 1.14. The normalized spacial score (nSPS) is 9.91. The second-order valence-corrected chi connectivity index (χ2v) is 2.92. The fraction of sp³-hybridized carbons (Fsp3) is 0.333. The summed E-state index contributed by atoms with van der Waals surface area (Å²) < 4.78 is 0. The first-order valence-corrected chi connectivity index (χ1v) is 4.46. The highest BCUT2D eigenvalue weighted by atomic mass is 32.2. The largest absolute Gasteiger partial charge is 0.383 e. The van der Waals surface area contributed by atoms with Crippen LogP contribution in [0, 0.1) is 0 Å². The quantitative estimate of drug-likeness (QED) is 0.667. The van der Waals surface area contributed by atoms with Crippen molar-refractivity contribution in [3.8, 4) is 0 Å². The van der Waals surface area contributed by atoms with E-state index in [-0.39, 0.29) is 11.4 Å². The molecular formula is C6H9N3OS. The molecule has 4 nitrogen and oxygen atoms in total. The van der Waals surface area contributed by atoms with E-state index in [0.29, 0.717) is 11.6 Å². The number of nitrogens with zero attached hydrogens (tertiary/aromatic N) is 1. The van der Waals surface area contributed by atoms with Crippen LogP contribution in [0.2, 0.25) is 0 Å². The summed E-state index contributed by atoms with van der Waals surface area (Å²) in [5.74, 6) is 1.58. The van der Waals surface area contributed by atoms with E-state index in [0.717, 1.165) is 0 Å². The second kappa shape index (κ2) is 3.43. The van der Waals surface area contributed by atoms with Crippen LogP contribution in [0.1, 0.15) is 5.82 Å². The van der Waals surface area contributed by atoms with Crippen molar-refractivity contribution in [2.45, 2.75) is 5.75 Å². The third kappa shape index (κ3) is 2.27. The zero-order valence-electron chi connectivity index (χ0n) is 6.13. The molecule has 0 aliphatic carbocycles. The molecule has 0 unspecified atom stereocenters. The average molecular weight is 171 g/mol. The average Bonchev–Trinajstić information content (AvgIpc) is 1.85. The lowest BCUT2D eigenvalue weighted by atomic mass is 10.5. The Morgan fingerprint density at radius 2 is 2.55 bits per heavy atom. The van der Waals surface area contributed by atoms with Crippen LogP contribution in [0.3, 0.4) is 0 Å². The number of nitrogen functional groups attached to an aromatic ring is 1. The van der Waals surface area contributed by atoms with Crippen molar-refractivity contribution in [3.63, 3.8) is 0 Å². The molecule has 60 valence electrons. The summed E-state index contributed by atoms with van der Waals surface area (Å²) in [5, 5.41) is 0. The maximum Gasteiger partial charge on any atom is 0.252 e. The Bertz CT molecular complexity index is 296. The molecule has 0 aromatic carbocycles. The zero-order chi connectivity index (χ0) is 8.27. The van der Waals surface area contributed by atoms with Crippen LogP contribution in [-0.4, -0.2) is 16.2 Å². The molecule has 0 radical (unpaired) electrons. The van der Waals surface area contributed by atoms with Gasteiger partial charge in [0.1, 0.15) is 11.6 Å². The smallest absolute Gasteiger partial charge is 0.252 e. The van der Waals surface area contributed by atoms with Gasteiger partial charge in [0, 0.05) is 6.07 Å². The fourth-order valence-electron chi connectivity index (χ4n) is 0.734. The van der Waals surface area contributed by atoms with Crippen LogP contribution in [0.25, 0.3) is 0 Å².